The number of amides is 1. The molecule has 1 aliphatic heterocycles. The molecule has 2 aromatic rings. The molecule has 2 aliphatic rings. The van der Waals surface area contributed by atoms with Crippen molar-refractivity contribution in [1.29, 1.82) is 0 Å². The van der Waals surface area contributed by atoms with E-state index < -0.39 is 0 Å². The van der Waals surface area contributed by atoms with Crippen molar-refractivity contribution in [1.82, 2.24) is 14.9 Å². The Morgan fingerprint density at radius 1 is 1.46 bits per heavy atom. The van der Waals surface area contributed by atoms with E-state index in [9.17, 15) is 9.90 Å². The lowest BCUT2D eigenvalue weighted by molar-refractivity contribution is -0.207. The van der Waals surface area contributed by atoms with Crippen molar-refractivity contribution >= 4 is 16.9 Å². The minimum atomic E-state index is -0.298. The second-order valence-corrected chi connectivity index (χ2v) is 6.86. The molecule has 6 nitrogen and oxygen atoms in total. The van der Waals surface area contributed by atoms with E-state index in [1.165, 1.54) is 0 Å². The van der Waals surface area contributed by atoms with Gasteiger partial charge in [0.15, 0.2) is 0 Å². The van der Waals surface area contributed by atoms with Crippen LogP contribution in [0.1, 0.15) is 36.5 Å². The molecule has 128 valence electrons. The van der Waals surface area contributed by atoms with E-state index in [1.54, 1.807) is 6.33 Å². The number of imidazole rings is 1. The number of nitrogens with one attached hydrogen (secondary N) is 1. The van der Waals surface area contributed by atoms with Gasteiger partial charge in [0.1, 0.15) is 0 Å². The van der Waals surface area contributed by atoms with Crippen LogP contribution in [0.25, 0.3) is 11.0 Å². The summed E-state index contributed by atoms with van der Waals surface area (Å²) in [5, 5.41) is 10.3. The molecule has 0 bridgehead atoms. The highest BCUT2D eigenvalue weighted by Gasteiger charge is 2.56. The Morgan fingerprint density at radius 3 is 2.96 bits per heavy atom. The van der Waals surface area contributed by atoms with Crippen LogP contribution in [0.2, 0.25) is 0 Å². The number of hydrogen-bond acceptors (Lipinski definition) is 4. The van der Waals surface area contributed by atoms with Crippen LogP contribution >= 0.6 is 0 Å². The Bertz CT molecular complexity index is 747. The molecule has 1 spiro atoms. The zero-order valence-corrected chi connectivity index (χ0v) is 13.9. The van der Waals surface area contributed by atoms with Crippen molar-refractivity contribution in [3.8, 4) is 0 Å². The number of likely N-dealkylation sites (tertiary alicyclic amines) is 1. The third-order valence-corrected chi connectivity index (χ3v) is 5.76. The Labute approximate surface area is 140 Å². The number of aliphatic hydroxyl groups excluding tert-OH is 1. The van der Waals surface area contributed by atoms with E-state index in [0.717, 1.165) is 30.3 Å². The largest absolute Gasteiger partial charge is 0.392 e. The van der Waals surface area contributed by atoms with Gasteiger partial charge in [-0.2, -0.15) is 0 Å². The minimum Gasteiger partial charge on any atom is -0.392 e. The first-order valence-electron chi connectivity index (χ1n) is 8.66. The van der Waals surface area contributed by atoms with Crippen LogP contribution in [0.4, 0.5) is 0 Å². The number of H-pyrrole nitrogens is 1. The number of aromatic nitrogens is 2. The highest BCUT2D eigenvalue weighted by atomic mass is 16.5. The molecule has 2 heterocycles. The fourth-order valence-corrected chi connectivity index (χ4v) is 4.19. The van der Waals surface area contributed by atoms with Gasteiger partial charge in [0, 0.05) is 37.1 Å². The van der Waals surface area contributed by atoms with E-state index in [0.29, 0.717) is 25.3 Å². The average Bonchev–Trinajstić information content (AvgIpc) is 3.09. The summed E-state index contributed by atoms with van der Waals surface area (Å²) in [4.78, 5) is 21.9. The van der Waals surface area contributed by atoms with Gasteiger partial charge in [-0.1, -0.05) is 0 Å². The summed E-state index contributed by atoms with van der Waals surface area (Å²) in [7, 11) is 0. The molecule has 24 heavy (non-hydrogen) atoms. The van der Waals surface area contributed by atoms with Gasteiger partial charge in [0.25, 0.3) is 5.91 Å². The first-order valence-corrected chi connectivity index (χ1v) is 8.66. The molecule has 1 saturated heterocycles. The summed E-state index contributed by atoms with van der Waals surface area (Å²) in [6.07, 6.45) is 3.80. The molecule has 2 atom stereocenters. The van der Waals surface area contributed by atoms with Gasteiger partial charge in [-0.15, -0.1) is 0 Å². The molecule has 1 saturated carbocycles. The average molecular weight is 329 g/mol. The summed E-state index contributed by atoms with van der Waals surface area (Å²) >= 11 is 0. The monoisotopic (exact) mass is 329 g/mol. The Kier molecular flexibility index (Phi) is 3.81. The molecular formula is C18H23N3O3. The zero-order valence-electron chi connectivity index (χ0n) is 13.9. The minimum absolute atomic E-state index is 0.0446. The Balaban J connectivity index is 1.46. The lowest BCUT2D eigenvalue weighted by Gasteiger charge is -2.56. The number of hydrogen-bond donors (Lipinski definition) is 2. The fourth-order valence-electron chi connectivity index (χ4n) is 4.19. The molecule has 1 amide bonds. The number of rotatable bonds is 3. The topological polar surface area (TPSA) is 78.5 Å². The zero-order chi connectivity index (χ0) is 16.7. The molecule has 2 fully saturated rings. The van der Waals surface area contributed by atoms with Crippen molar-refractivity contribution in [2.24, 2.45) is 5.41 Å². The lowest BCUT2D eigenvalue weighted by atomic mass is 9.58. The SMILES string of the molecule is CCOC1CC(O)C12CCN(C(=O)c1ccc3nc[nH]c3c1)CC2. The number of ether oxygens (including phenoxy) is 1. The number of aromatic amines is 1. The maximum absolute atomic E-state index is 12.8. The van der Waals surface area contributed by atoms with E-state index in [4.69, 9.17) is 4.74 Å². The van der Waals surface area contributed by atoms with E-state index in [-0.39, 0.29) is 23.5 Å². The Morgan fingerprint density at radius 2 is 2.25 bits per heavy atom. The molecule has 4 rings (SSSR count). The van der Waals surface area contributed by atoms with Crippen molar-refractivity contribution in [3.05, 3.63) is 30.1 Å². The van der Waals surface area contributed by atoms with Gasteiger partial charge in [0.05, 0.1) is 29.6 Å². The van der Waals surface area contributed by atoms with Gasteiger partial charge >= 0.3 is 0 Å². The molecule has 1 aliphatic carbocycles. The summed E-state index contributed by atoms with van der Waals surface area (Å²) < 4.78 is 5.79. The van der Waals surface area contributed by atoms with Crippen LogP contribution in [-0.2, 0) is 4.74 Å². The van der Waals surface area contributed by atoms with E-state index >= 15 is 0 Å². The highest BCUT2D eigenvalue weighted by molar-refractivity contribution is 5.97. The molecule has 2 N–H and O–H groups in total. The van der Waals surface area contributed by atoms with Crippen LogP contribution < -0.4 is 0 Å². The normalized spacial score (nSPS) is 25.8. The second kappa shape index (κ2) is 5.86. The number of aliphatic hydroxyl groups is 1. The molecule has 6 heteroatoms. The van der Waals surface area contributed by atoms with Gasteiger partial charge in [-0.3, -0.25) is 4.79 Å². The van der Waals surface area contributed by atoms with Crippen LogP contribution in [0, 0.1) is 5.41 Å². The summed E-state index contributed by atoms with van der Waals surface area (Å²) in [5.41, 5.74) is 2.26. The number of fused-ring (bicyclic) bond motifs is 1. The Hall–Kier alpha value is -1.92. The predicted molar refractivity (Wildman–Crippen MR) is 89.7 cm³/mol. The number of piperidine rings is 1. The first kappa shape index (κ1) is 15.6. The highest BCUT2D eigenvalue weighted by Crippen LogP contribution is 2.51. The van der Waals surface area contributed by atoms with E-state index in [1.807, 2.05) is 30.0 Å². The van der Waals surface area contributed by atoms with Crippen molar-refractivity contribution < 1.29 is 14.6 Å². The van der Waals surface area contributed by atoms with Gasteiger partial charge < -0.3 is 19.7 Å². The van der Waals surface area contributed by atoms with Gasteiger partial charge in [-0.05, 0) is 38.0 Å². The third-order valence-electron chi connectivity index (χ3n) is 5.76. The second-order valence-electron chi connectivity index (χ2n) is 6.86. The van der Waals surface area contributed by atoms with Crippen LogP contribution in [0.5, 0.6) is 0 Å². The summed E-state index contributed by atoms with van der Waals surface area (Å²) in [5.74, 6) is 0.0446. The number of nitrogens with zero attached hydrogens (tertiary/aromatic N) is 2. The number of benzene rings is 1. The molecule has 1 aromatic carbocycles. The van der Waals surface area contributed by atoms with Crippen molar-refractivity contribution in [2.75, 3.05) is 19.7 Å². The van der Waals surface area contributed by atoms with Crippen molar-refractivity contribution in [2.45, 2.75) is 38.4 Å². The predicted octanol–water partition coefficient (Wildman–Crippen LogP) is 1.96. The number of carbonyl (C=O) groups is 1. The van der Waals surface area contributed by atoms with Gasteiger partial charge in [-0.25, -0.2) is 4.98 Å². The summed E-state index contributed by atoms with van der Waals surface area (Å²) in [6, 6.07) is 5.55. The maximum Gasteiger partial charge on any atom is 0.253 e. The molecule has 2 unspecified atom stereocenters. The quantitative estimate of drug-likeness (QED) is 0.902. The van der Waals surface area contributed by atoms with Crippen molar-refractivity contribution in [3.63, 3.8) is 0 Å². The fraction of sp³-hybridized carbons (Fsp3) is 0.556. The van der Waals surface area contributed by atoms with Crippen LogP contribution in [0.3, 0.4) is 0 Å². The lowest BCUT2D eigenvalue weighted by Crippen LogP contribution is -2.62. The van der Waals surface area contributed by atoms with Crippen LogP contribution in [0.15, 0.2) is 24.5 Å². The first-order chi connectivity index (χ1) is 11.6. The van der Waals surface area contributed by atoms with Crippen LogP contribution in [-0.4, -0.2) is 57.8 Å². The smallest absolute Gasteiger partial charge is 0.253 e. The molecule has 1 aromatic heterocycles. The van der Waals surface area contributed by atoms with Gasteiger partial charge in [0.2, 0.25) is 0 Å². The van der Waals surface area contributed by atoms with E-state index in [2.05, 4.69) is 9.97 Å². The maximum atomic E-state index is 12.8. The number of carbonyl (C=O) groups excluding carboxylic acids is 1. The molecular weight excluding hydrogens is 306 g/mol. The standard InChI is InChI=1S/C18H23N3O3/c1-2-24-16-10-15(22)18(16)5-7-21(8-6-18)17(23)12-3-4-13-14(9-12)20-11-19-13/h3-4,9,11,15-16,22H,2,5-8,10H2,1H3,(H,19,20). The third kappa shape index (κ3) is 2.32. The molecule has 0 radical (unpaired) electrons. The summed E-state index contributed by atoms with van der Waals surface area (Å²) in [6.45, 7) is 4.00.